The summed E-state index contributed by atoms with van der Waals surface area (Å²) in [5, 5.41) is 4.66. The van der Waals surface area contributed by atoms with Crippen LogP contribution in [-0.4, -0.2) is 35.7 Å². The van der Waals surface area contributed by atoms with Gasteiger partial charge in [0.2, 0.25) is 0 Å². The van der Waals surface area contributed by atoms with Crippen molar-refractivity contribution in [3.05, 3.63) is 28.0 Å². The monoisotopic (exact) mass is 300 g/mol. The van der Waals surface area contributed by atoms with Crippen molar-refractivity contribution < 1.29 is 4.52 Å². The van der Waals surface area contributed by atoms with Crippen LogP contribution in [0.1, 0.15) is 5.82 Å². The molecule has 0 saturated heterocycles. The second-order valence-electron chi connectivity index (χ2n) is 4.42. The molecular formula is C12H14Cl2N4O. The molecule has 2 aromatic rings. The van der Waals surface area contributed by atoms with Crippen LogP contribution in [0.3, 0.4) is 0 Å². The van der Waals surface area contributed by atoms with Crippen molar-refractivity contribution in [2.24, 2.45) is 0 Å². The van der Waals surface area contributed by atoms with Crippen molar-refractivity contribution in [1.82, 2.24) is 15.0 Å². The Hall–Kier alpha value is -1.30. The van der Waals surface area contributed by atoms with Crippen LogP contribution in [0.15, 0.2) is 16.7 Å². The molecule has 0 fully saturated rings. The number of likely N-dealkylation sites (N-methyl/N-ethyl adjacent to an activating group) is 1. The van der Waals surface area contributed by atoms with Gasteiger partial charge in [0.15, 0.2) is 5.82 Å². The van der Waals surface area contributed by atoms with E-state index in [2.05, 4.69) is 10.1 Å². The molecule has 1 aromatic heterocycles. The molecule has 0 aliphatic rings. The van der Waals surface area contributed by atoms with Gasteiger partial charge in [-0.3, -0.25) is 0 Å². The summed E-state index contributed by atoms with van der Waals surface area (Å²) >= 11 is 11.9. The molecule has 0 bridgehead atoms. The zero-order chi connectivity index (χ0) is 14.0. The van der Waals surface area contributed by atoms with Gasteiger partial charge in [0.25, 0.3) is 5.89 Å². The number of rotatable bonds is 4. The van der Waals surface area contributed by atoms with Crippen LogP contribution in [0.4, 0.5) is 5.69 Å². The molecule has 2 rings (SSSR count). The second kappa shape index (κ2) is 5.77. The van der Waals surface area contributed by atoms with E-state index < -0.39 is 0 Å². The molecule has 2 N–H and O–H groups in total. The molecule has 0 amide bonds. The van der Waals surface area contributed by atoms with Crippen LogP contribution in [0, 0.1) is 0 Å². The Morgan fingerprint density at radius 2 is 1.89 bits per heavy atom. The fourth-order valence-corrected chi connectivity index (χ4v) is 1.99. The number of aromatic nitrogens is 2. The zero-order valence-corrected chi connectivity index (χ0v) is 12.2. The van der Waals surface area contributed by atoms with E-state index in [0.717, 1.165) is 6.54 Å². The third kappa shape index (κ3) is 3.37. The smallest absolute Gasteiger partial charge is 0.258 e. The topological polar surface area (TPSA) is 68.2 Å². The Morgan fingerprint density at radius 1 is 1.26 bits per heavy atom. The first kappa shape index (κ1) is 14.1. The summed E-state index contributed by atoms with van der Waals surface area (Å²) in [6.07, 6.45) is 0.715. The van der Waals surface area contributed by atoms with Gasteiger partial charge in [0.05, 0.1) is 15.7 Å². The molecule has 7 heteroatoms. The van der Waals surface area contributed by atoms with Gasteiger partial charge in [-0.1, -0.05) is 28.4 Å². The van der Waals surface area contributed by atoms with E-state index in [9.17, 15) is 0 Å². The van der Waals surface area contributed by atoms with Gasteiger partial charge in [-0.2, -0.15) is 4.98 Å². The van der Waals surface area contributed by atoms with Crippen LogP contribution in [-0.2, 0) is 6.42 Å². The van der Waals surface area contributed by atoms with Crippen LogP contribution in [0.25, 0.3) is 11.5 Å². The van der Waals surface area contributed by atoms with Crippen LogP contribution >= 0.6 is 23.2 Å². The van der Waals surface area contributed by atoms with E-state index in [1.54, 1.807) is 12.1 Å². The van der Waals surface area contributed by atoms with Gasteiger partial charge >= 0.3 is 0 Å². The minimum absolute atomic E-state index is 0.347. The van der Waals surface area contributed by atoms with Gasteiger partial charge in [0, 0.05) is 18.5 Å². The maximum atomic E-state index is 5.97. The normalized spacial score (nSPS) is 11.2. The summed E-state index contributed by atoms with van der Waals surface area (Å²) in [6, 6.07) is 3.32. The number of hydrogen-bond acceptors (Lipinski definition) is 5. The summed E-state index contributed by atoms with van der Waals surface area (Å²) in [5.74, 6) is 1.03. The Bertz CT molecular complexity index is 560. The first-order chi connectivity index (χ1) is 8.97. The molecule has 0 atom stereocenters. The van der Waals surface area contributed by atoms with E-state index in [1.165, 1.54) is 0 Å². The van der Waals surface area contributed by atoms with Crippen molar-refractivity contribution in [2.75, 3.05) is 26.4 Å². The fourth-order valence-electron chi connectivity index (χ4n) is 1.50. The Kier molecular flexibility index (Phi) is 4.29. The van der Waals surface area contributed by atoms with Gasteiger partial charge < -0.3 is 15.2 Å². The maximum absolute atomic E-state index is 5.97. The lowest BCUT2D eigenvalue weighted by Crippen LogP contribution is -2.15. The summed E-state index contributed by atoms with van der Waals surface area (Å²) < 4.78 is 5.20. The Labute approximate surface area is 121 Å². The molecule has 1 aromatic carbocycles. The standard InChI is InChI=1S/C12H14Cl2N4O/c1-18(2)4-3-10-16-12(19-17-10)7-5-8(13)11(15)9(14)6-7/h5-6H,3-4,15H2,1-2H3. The minimum atomic E-state index is 0.347. The summed E-state index contributed by atoms with van der Waals surface area (Å²) in [6.45, 7) is 0.849. The van der Waals surface area contributed by atoms with Crippen LogP contribution in [0.2, 0.25) is 10.0 Å². The number of nitrogens with two attached hydrogens (primary N) is 1. The predicted octanol–water partition coefficient (Wildman–Crippen LogP) is 2.73. The lowest BCUT2D eigenvalue weighted by molar-refractivity contribution is 0.392. The van der Waals surface area contributed by atoms with E-state index in [1.807, 2.05) is 19.0 Å². The highest BCUT2D eigenvalue weighted by Crippen LogP contribution is 2.32. The van der Waals surface area contributed by atoms with Gasteiger partial charge in [0.1, 0.15) is 0 Å². The summed E-state index contributed by atoms with van der Waals surface area (Å²) in [7, 11) is 3.97. The Morgan fingerprint density at radius 3 is 2.47 bits per heavy atom. The third-order valence-electron chi connectivity index (χ3n) is 2.58. The van der Waals surface area contributed by atoms with Crippen molar-refractivity contribution >= 4 is 28.9 Å². The van der Waals surface area contributed by atoms with Gasteiger partial charge in [-0.15, -0.1) is 0 Å². The molecule has 0 radical (unpaired) electrons. The Balaban J connectivity index is 2.23. The van der Waals surface area contributed by atoms with Crippen molar-refractivity contribution in [3.8, 4) is 11.5 Å². The predicted molar refractivity (Wildman–Crippen MR) is 76.4 cm³/mol. The SMILES string of the molecule is CN(C)CCc1noc(-c2cc(Cl)c(N)c(Cl)c2)n1. The molecule has 0 spiro atoms. The average molecular weight is 301 g/mol. The first-order valence-electron chi connectivity index (χ1n) is 5.69. The highest BCUT2D eigenvalue weighted by atomic mass is 35.5. The van der Waals surface area contributed by atoms with E-state index in [0.29, 0.717) is 39.4 Å². The molecule has 1 heterocycles. The van der Waals surface area contributed by atoms with E-state index >= 15 is 0 Å². The number of anilines is 1. The zero-order valence-electron chi connectivity index (χ0n) is 10.7. The lowest BCUT2D eigenvalue weighted by Gasteiger charge is -2.05. The van der Waals surface area contributed by atoms with E-state index in [-0.39, 0.29) is 0 Å². The van der Waals surface area contributed by atoms with Gasteiger partial charge in [-0.25, -0.2) is 0 Å². The highest BCUT2D eigenvalue weighted by molar-refractivity contribution is 6.39. The number of nitrogen functional groups attached to an aromatic ring is 1. The lowest BCUT2D eigenvalue weighted by atomic mass is 10.2. The largest absolute Gasteiger partial charge is 0.396 e. The minimum Gasteiger partial charge on any atom is -0.396 e. The molecule has 102 valence electrons. The van der Waals surface area contributed by atoms with E-state index in [4.69, 9.17) is 33.5 Å². The van der Waals surface area contributed by atoms with Crippen molar-refractivity contribution in [2.45, 2.75) is 6.42 Å². The van der Waals surface area contributed by atoms with Crippen molar-refractivity contribution in [1.29, 1.82) is 0 Å². The number of hydrogen-bond donors (Lipinski definition) is 1. The average Bonchev–Trinajstić information content (AvgIpc) is 2.81. The number of halogens is 2. The number of benzene rings is 1. The molecule has 5 nitrogen and oxygen atoms in total. The molecule has 0 unspecified atom stereocenters. The fraction of sp³-hybridized carbons (Fsp3) is 0.333. The summed E-state index contributed by atoms with van der Waals surface area (Å²) in [5.41, 5.74) is 6.69. The third-order valence-corrected chi connectivity index (χ3v) is 3.20. The number of nitrogens with zero attached hydrogens (tertiary/aromatic N) is 3. The van der Waals surface area contributed by atoms with Gasteiger partial charge in [-0.05, 0) is 26.2 Å². The van der Waals surface area contributed by atoms with Crippen LogP contribution < -0.4 is 5.73 Å². The maximum Gasteiger partial charge on any atom is 0.258 e. The molecule has 0 aliphatic heterocycles. The summed E-state index contributed by atoms with van der Waals surface area (Å²) in [4.78, 5) is 6.35. The molecule has 19 heavy (non-hydrogen) atoms. The quantitative estimate of drug-likeness (QED) is 0.879. The van der Waals surface area contributed by atoms with Crippen molar-refractivity contribution in [3.63, 3.8) is 0 Å². The molecule has 0 aliphatic carbocycles. The first-order valence-corrected chi connectivity index (χ1v) is 6.45. The molecular weight excluding hydrogens is 287 g/mol. The molecule has 0 saturated carbocycles. The second-order valence-corrected chi connectivity index (χ2v) is 5.24. The van der Waals surface area contributed by atoms with Crippen LogP contribution in [0.5, 0.6) is 0 Å². The highest BCUT2D eigenvalue weighted by Gasteiger charge is 2.12.